The first kappa shape index (κ1) is 23.9. The minimum absolute atomic E-state index is 0.134. The molecule has 0 bridgehead atoms. The Morgan fingerprint density at radius 3 is 2.47 bits per heavy atom. The van der Waals surface area contributed by atoms with E-state index in [-0.39, 0.29) is 11.5 Å². The molecule has 1 heterocycles. The Bertz CT molecular complexity index is 1340. The topological polar surface area (TPSA) is 73.2 Å². The number of carbonyl (C=O) groups excluding carboxylic acids is 2. The number of benzene rings is 3. The van der Waals surface area contributed by atoms with Gasteiger partial charge >= 0.3 is 0 Å². The van der Waals surface area contributed by atoms with Crippen molar-refractivity contribution in [1.82, 2.24) is 0 Å². The molecular weight excluding hydrogens is 489 g/mol. The Labute approximate surface area is 212 Å². The summed E-state index contributed by atoms with van der Waals surface area (Å²) in [5.74, 6) is -0.811. The largest absolute Gasteiger partial charge is 0.321 e. The van der Waals surface area contributed by atoms with Gasteiger partial charge in [-0.05, 0) is 48.7 Å². The number of thioether (sulfide) groups is 1. The van der Waals surface area contributed by atoms with Gasteiger partial charge in [0.2, 0.25) is 5.91 Å². The van der Waals surface area contributed by atoms with Gasteiger partial charge in [-0.25, -0.2) is 0 Å². The fourth-order valence-electron chi connectivity index (χ4n) is 3.64. The van der Waals surface area contributed by atoms with Gasteiger partial charge in [0.15, 0.2) is 0 Å². The van der Waals surface area contributed by atoms with Crippen molar-refractivity contribution in [2.75, 3.05) is 10.2 Å². The van der Waals surface area contributed by atoms with Gasteiger partial charge in [-0.3, -0.25) is 14.5 Å². The average Bonchev–Trinajstić information content (AvgIpc) is 3.14. The number of anilines is 2. The average molecular weight is 508 g/mol. The smallest absolute Gasteiger partial charge is 0.269 e. The highest BCUT2D eigenvalue weighted by atomic mass is 35.5. The van der Waals surface area contributed by atoms with Crippen LogP contribution in [0.4, 0.5) is 11.4 Å². The van der Waals surface area contributed by atoms with E-state index in [9.17, 15) is 14.9 Å². The molecule has 2 amide bonds. The van der Waals surface area contributed by atoms with E-state index >= 15 is 0 Å². The van der Waals surface area contributed by atoms with Gasteiger partial charge in [0, 0.05) is 5.69 Å². The van der Waals surface area contributed by atoms with Crippen LogP contribution < -0.4 is 10.2 Å². The van der Waals surface area contributed by atoms with Gasteiger partial charge in [-0.2, -0.15) is 5.26 Å². The number of para-hydroxylation sites is 2. The fraction of sp³-hybridized carbons (Fsp3) is 0.115. The summed E-state index contributed by atoms with van der Waals surface area (Å²) in [5.41, 5.74) is 2.61. The van der Waals surface area contributed by atoms with Crippen molar-refractivity contribution in [3.63, 3.8) is 0 Å². The third kappa shape index (κ3) is 4.83. The number of rotatable bonds is 5. The van der Waals surface area contributed by atoms with Crippen LogP contribution in [-0.2, 0) is 16.0 Å². The minimum atomic E-state index is -0.585. The molecule has 0 unspecified atom stereocenters. The number of halogens is 2. The van der Waals surface area contributed by atoms with E-state index in [1.54, 1.807) is 42.5 Å². The molecule has 0 spiro atoms. The molecule has 0 aliphatic carbocycles. The maximum Gasteiger partial charge on any atom is 0.269 e. The normalized spacial score (nSPS) is 16.8. The van der Waals surface area contributed by atoms with E-state index in [0.29, 0.717) is 32.9 Å². The predicted octanol–water partition coefficient (Wildman–Crippen LogP) is 6.37. The quantitative estimate of drug-likeness (QED) is 0.321. The number of amides is 2. The molecule has 3 aromatic rings. The monoisotopic (exact) mass is 507 g/mol. The highest BCUT2D eigenvalue weighted by Crippen LogP contribution is 2.43. The Hall–Kier alpha value is -3.24. The van der Waals surface area contributed by atoms with Gasteiger partial charge < -0.3 is 5.32 Å². The van der Waals surface area contributed by atoms with Crippen LogP contribution in [-0.4, -0.2) is 17.1 Å². The second-order valence-electron chi connectivity index (χ2n) is 7.60. The van der Waals surface area contributed by atoms with Crippen LogP contribution in [0.2, 0.25) is 10.0 Å². The summed E-state index contributed by atoms with van der Waals surface area (Å²) >= 11 is 13.7. The number of nitrogens with one attached hydrogen (secondary N) is 1. The van der Waals surface area contributed by atoms with E-state index in [2.05, 4.69) is 5.32 Å². The molecule has 4 rings (SSSR count). The summed E-state index contributed by atoms with van der Waals surface area (Å²) in [6.45, 7) is 1.88. The standard InChI is InChI=1S/C26H19Cl2N3O2S/c1-16-8-5-6-13-21(16)31-25(33)22(14-17-9-7-12-20(27)23(17)28)34-26(31)19(15-29)24(32)30-18-10-3-2-4-11-18/h2-13,22H,14H2,1H3,(H,30,32)/b26-19-/t22-/m0/s1. The van der Waals surface area contributed by atoms with Crippen molar-refractivity contribution >= 4 is 58.2 Å². The number of hydrogen-bond acceptors (Lipinski definition) is 4. The Morgan fingerprint density at radius 2 is 1.76 bits per heavy atom. The molecule has 8 heteroatoms. The van der Waals surface area contributed by atoms with Gasteiger partial charge in [0.25, 0.3) is 5.91 Å². The Kier molecular flexibility index (Phi) is 7.28. The molecule has 1 atom stereocenters. The number of carbonyl (C=O) groups is 2. The Morgan fingerprint density at radius 1 is 1.06 bits per heavy atom. The fourth-order valence-corrected chi connectivity index (χ4v) is 5.33. The second kappa shape index (κ2) is 10.4. The van der Waals surface area contributed by atoms with Crippen LogP contribution in [0.5, 0.6) is 0 Å². The zero-order valence-electron chi connectivity index (χ0n) is 18.1. The first-order chi connectivity index (χ1) is 16.4. The number of nitriles is 1. The number of nitrogens with zero attached hydrogens (tertiary/aromatic N) is 2. The summed E-state index contributed by atoms with van der Waals surface area (Å²) in [7, 11) is 0. The SMILES string of the molecule is Cc1ccccc1N1C(=O)[C@H](Cc2cccc(Cl)c2Cl)S/C1=C(/C#N)C(=O)Nc1ccccc1. The highest BCUT2D eigenvalue weighted by molar-refractivity contribution is 8.05. The molecular formula is C26H19Cl2N3O2S. The summed E-state index contributed by atoms with van der Waals surface area (Å²) in [4.78, 5) is 28.2. The lowest BCUT2D eigenvalue weighted by molar-refractivity contribution is -0.117. The molecule has 1 aliphatic rings. The molecule has 5 nitrogen and oxygen atoms in total. The Balaban J connectivity index is 1.77. The zero-order chi connectivity index (χ0) is 24.2. The number of aryl methyl sites for hydroxylation is 1. The van der Waals surface area contributed by atoms with Crippen LogP contribution in [0.1, 0.15) is 11.1 Å². The minimum Gasteiger partial charge on any atom is -0.321 e. The molecule has 0 saturated carbocycles. The summed E-state index contributed by atoms with van der Waals surface area (Å²) < 4.78 is 0. The van der Waals surface area contributed by atoms with E-state index in [0.717, 1.165) is 11.1 Å². The third-order valence-corrected chi connectivity index (χ3v) is 7.45. The molecule has 1 saturated heterocycles. The molecule has 0 radical (unpaired) electrons. The van der Waals surface area contributed by atoms with Crippen molar-refractivity contribution in [3.8, 4) is 6.07 Å². The predicted molar refractivity (Wildman–Crippen MR) is 138 cm³/mol. The lowest BCUT2D eigenvalue weighted by Gasteiger charge is -2.20. The van der Waals surface area contributed by atoms with Gasteiger partial charge in [0.05, 0.1) is 21.0 Å². The first-order valence-electron chi connectivity index (χ1n) is 10.4. The molecule has 1 fully saturated rings. The van der Waals surface area contributed by atoms with Crippen molar-refractivity contribution < 1.29 is 9.59 Å². The zero-order valence-corrected chi connectivity index (χ0v) is 20.4. The van der Waals surface area contributed by atoms with Gasteiger partial charge in [-0.1, -0.05) is 83.5 Å². The molecule has 1 aliphatic heterocycles. The van der Waals surface area contributed by atoms with Crippen LogP contribution in [0, 0.1) is 18.3 Å². The number of hydrogen-bond donors (Lipinski definition) is 1. The molecule has 3 aromatic carbocycles. The highest BCUT2D eigenvalue weighted by Gasteiger charge is 2.41. The molecule has 1 N–H and O–H groups in total. The van der Waals surface area contributed by atoms with E-state index in [4.69, 9.17) is 23.2 Å². The van der Waals surface area contributed by atoms with Crippen LogP contribution in [0.25, 0.3) is 0 Å². The molecule has 170 valence electrons. The van der Waals surface area contributed by atoms with E-state index < -0.39 is 11.2 Å². The molecule has 34 heavy (non-hydrogen) atoms. The van der Waals surface area contributed by atoms with Crippen molar-refractivity contribution in [2.24, 2.45) is 0 Å². The van der Waals surface area contributed by atoms with Crippen molar-refractivity contribution in [1.29, 1.82) is 5.26 Å². The van der Waals surface area contributed by atoms with Crippen molar-refractivity contribution in [3.05, 3.63) is 105 Å². The van der Waals surface area contributed by atoms with Gasteiger partial charge in [-0.15, -0.1) is 0 Å². The maximum atomic E-state index is 13.6. The molecule has 0 aromatic heterocycles. The lowest BCUT2D eigenvalue weighted by atomic mass is 10.1. The van der Waals surface area contributed by atoms with Crippen molar-refractivity contribution in [2.45, 2.75) is 18.6 Å². The van der Waals surface area contributed by atoms with E-state index in [1.165, 1.54) is 16.7 Å². The van der Waals surface area contributed by atoms with Crippen LogP contribution in [0.15, 0.2) is 83.4 Å². The van der Waals surface area contributed by atoms with Gasteiger partial charge in [0.1, 0.15) is 16.7 Å². The summed E-state index contributed by atoms with van der Waals surface area (Å²) in [6.07, 6.45) is 0.299. The lowest BCUT2D eigenvalue weighted by Crippen LogP contribution is -2.31. The first-order valence-corrected chi connectivity index (χ1v) is 12.0. The van der Waals surface area contributed by atoms with Crippen LogP contribution in [0.3, 0.4) is 0 Å². The second-order valence-corrected chi connectivity index (χ2v) is 9.57. The summed E-state index contributed by atoms with van der Waals surface area (Å²) in [5, 5.41) is 13.2. The maximum absolute atomic E-state index is 13.6. The third-order valence-electron chi connectivity index (χ3n) is 5.33. The van der Waals surface area contributed by atoms with Crippen LogP contribution >= 0.6 is 35.0 Å². The summed E-state index contributed by atoms with van der Waals surface area (Å²) in [6, 6.07) is 23.5. The van der Waals surface area contributed by atoms with E-state index in [1.807, 2.05) is 43.3 Å².